The van der Waals surface area contributed by atoms with E-state index in [1.807, 2.05) is 54.6 Å². The van der Waals surface area contributed by atoms with Crippen LogP contribution in [-0.4, -0.2) is 19.5 Å². The van der Waals surface area contributed by atoms with E-state index in [-0.39, 0.29) is 0 Å². The molecular weight excluding hydrogens is 821 g/mol. The van der Waals surface area contributed by atoms with Gasteiger partial charge >= 0.3 is 0 Å². The van der Waals surface area contributed by atoms with Crippen LogP contribution >= 0.6 is 0 Å². The lowest BCUT2D eigenvalue weighted by molar-refractivity contribution is 0.669. The largest absolute Gasteiger partial charge is 0.456 e. The molecule has 6 nitrogen and oxygen atoms in total. The maximum atomic E-state index is 6.62. The molecule has 6 heteroatoms. The normalized spacial score (nSPS) is 11.9. The molecule has 4 aromatic heterocycles. The van der Waals surface area contributed by atoms with Crippen LogP contribution in [0, 0.1) is 0 Å². The second kappa shape index (κ2) is 14.7. The number of hydrogen-bond acceptors (Lipinski definition) is 5. The number of benzene rings is 10. The van der Waals surface area contributed by atoms with Crippen molar-refractivity contribution in [3.63, 3.8) is 0 Å². The molecule has 14 rings (SSSR count). The third-order valence-electron chi connectivity index (χ3n) is 13.2. The van der Waals surface area contributed by atoms with Crippen molar-refractivity contribution in [1.29, 1.82) is 0 Å². The van der Waals surface area contributed by atoms with E-state index in [1.165, 1.54) is 16.3 Å². The van der Waals surface area contributed by atoms with Gasteiger partial charge in [0.05, 0.1) is 11.0 Å². The Morgan fingerprint density at radius 3 is 1.76 bits per heavy atom. The summed E-state index contributed by atoms with van der Waals surface area (Å²) in [4.78, 5) is 15.4. The minimum absolute atomic E-state index is 0.568. The monoisotopic (exact) mass is 856 g/mol. The van der Waals surface area contributed by atoms with Gasteiger partial charge in [-0.25, -0.2) is 15.0 Å². The van der Waals surface area contributed by atoms with Crippen LogP contribution in [0.2, 0.25) is 0 Å². The average Bonchev–Trinajstić information content (AvgIpc) is 4.08. The van der Waals surface area contributed by atoms with Crippen LogP contribution in [0.3, 0.4) is 0 Å². The molecule has 14 aromatic rings. The lowest BCUT2D eigenvalue weighted by Crippen LogP contribution is -2.01. The second-order valence-electron chi connectivity index (χ2n) is 17.1. The van der Waals surface area contributed by atoms with E-state index in [9.17, 15) is 0 Å². The van der Waals surface area contributed by atoms with Crippen LogP contribution in [0.1, 0.15) is 0 Å². The maximum absolute atomic E-state index is 6.62. The summed E-state index contributed by atoms with van der Waals surface area (Å²) in [5.74, 6) is 1.74. The van der Waals surface area contributed by atoms with Crippen molar-refractivity contribution >= 4 is 76.5 Å². The van der Waals surface area contributed by atoms with E-state index in [2.05, 4.69) is 168 Å². The SMILES string of the molecule is c1ccc(-c2ccc3c(c2)c2cccc(-c4ccc5c(c4)oc4ccc6ccccc6c45)c2n3-c2cccc(-c3nc(-c4ccccc4)nc(-c4ccc5c(c4)oc4ccccc45)n3)c2)cc1. The number of aromatic nitrogens is 4. The molecule has 0 aliphatic rings. The van der Waals surface area contributed by atoms with Gasteiger partial charge in [-0.15, -0.1) is 0 Å². The van der Waals surface area contributed by atoms with Gasteiger partial charge in [0.15, 0.2) is 17.5 Å². The van der Waals surface area contributed by atoms with E-state index in [0.717, 1.165) is 105 Å². The summed E-state index contributed by atoms with van der Waals surface area (Å²) < 4.78 is 15.3. The van der Waals surface area contributed by atoms with Crippen LogP contribution < -0.4 is 0 Å². The van der Waals surface area contributed by atoms with Gasteiger partial charge in [0.2, 0.25) is 0 Å². The molecule has 0 atom stereocenters. The van der Waals surface area contributed by atoms with Crippen molar-refractivity contribution in [3.8, 4) is 62.1 Å². The van der Waals surface area contributed by atoms with Crippen LogP contribution in [0.15, 0.2) is 227 Å². The Hall–Kier alpha value is -9.13. The molecule has 0 N–H and O–H groups in total. The predicted molar refractivity (Wildman–Crippen MR) is 273 cm³/mol. The van der Waals surface area contributed by atoms with Crippen LogP contribution in [-0.2, 0) is 0 Å². The van der Waals surface area contributed by atoms with Crippen molar-refractivity contribution in [2.45, 2.75) is 0 Å². The number of rotatable bonds is 6. The average molecular weight is 857 g/mol. The Morgan fingerprint density at radius 1 is 0.313 bits per heavy atom. The summed E-state index contributed by atoms with van der Waals surface area (Å²) in [5, 5.41) is 9.08. The van der Waals surface area contributed by atoms with Gasteiger partial charge in [-0.1, -0.05) is 158 Å². The Bertz CT molecular complexity index is 4280. The van der Waals surface area contributed by atoms with Gasteiger partial charge in [-0.05, 0) is 88.1 Å². The quantitative estimate of drug-likeness (QED) is 0.167. The maximum Gasteiger partial charge on any atom is 0.164 e. The first-order valence-corrected chi connectivity index (χ1v) is 22.5. The molecule has 67 heavy (non-hydrogen) atoms. The molecule has 0 fully saturated rings. The highest BCUT2D eigenvalue weighted by molar-refractivity contribution is 6.20. The van der Waals surface area contributed by atoms with Crippen molar-refractivity contribution in [2.75, 3.05) is 0 Å². The van der Waals surface area contributed by atoms with E-state index in [1.54, 1.807) is 0 Å². The highest BCUT2D eigenvalue weighted by Gasteiger charge is 2.21. The highest BCUT2D eigenvalue weighted by atomic mass is 16.3. The number of fused-ring (bicyclic) bond motifs is 11. The summed E-state index contributed by atoms with van der Waals surface area (Å²) in [6, 6.07) is 76.4. The van der Waals surface area contributed by atoms with Gasteiger partial charge < -0.3 is 13.4 Å². The van der Waals surface area contributed by atoms with Crippen LogP contribution in [0.5, 0.6) is 0 Å². The molecule has 0 saturated heterocycles. The van der Waals surface area contributed by atoms with Crippen molar-refractivity contribution in [2.24, 2.45) is 0 Å². The first kappa shape index (κ1) is 37.3. The molecule has 0 aliphatic heterocycles. The third-order valence-corrected chi connectivity index (χ3v) is 13.2. The second-order valence-corrected chi connectivity index (χ2v) is 17.1. The zero-order chi connectivity index (χ0) is 44.0. The van der Waals surface area contributed by atoms with Gasteiger partial charge in [-0.3, -0.25) is 0 Å². The fraction of sp³-hybridized carbons (Fsp3) is 0. The number of nitrogens with zero attached hydrogens (tertiary/aromatic N) is 4. The first-order valence-electron chi connectivity index (χ1n) is 22.5. The standard InChI is InChI=1S/C61H36N4O2/c1-3-13-37(14-4-1)40-27-31-52-51(34-40)49-23-12-22-46(41-25-30-50-56(35-41)67-54-32-28-38-15-7-8-20-45(38)57(50)54)58(49)65(52)44-19-11-18-42(33-44)60-62-59(39-16-5-2-6-17-39)63-61(64-60)43-26-29-48-47-21-9-10-24-53(47)66-55(48)36-43/h1-36H. The minimum Gasteiger partial charge on any atom is -0.456 e. The molecule has 0 unspecified atom stereocenters. The number of furan rings is 2. The summed E-state index contributed by atoms with van der Waals surface area (Å²) in [6.45, 7) is 0. The predicted octanol–water partition coefficient (Wildman–Crippen LogP) is 16.3. The smallest absolute Gasteiger partial charge is 0.164 e. The topological polar surface area (TPSA) is 69.9 Å². The van der Waals surface area contributed by atoms with Gasteiger partial charge in [-0.2, -0.15) is 0 Å². The van der Waals surface area contributed by atoms with E-state index in [0.29, 0.717) is 17.5 Å². The number of para-hydroxylation sites is 2. The Morgan fingerprint density at radius 2 is 0.910 bits per heavy atom. The molecule has 0 bridgehead atoms. The zero-order valence-electron chi connectivity index (χ0n) is 35.9. The fourth-order valence-electron chi connectivity index (χ4n) is 10.1. The minimum atomic E-state index is 0.568. The zero-order valence-corrected chi connectivity index (χ0v) is 35.9. The van der Waals surface area contributed by atoms with Crippen molar-refractivity contribution < 1.29 is 8.83 Å². The summed E-state index contributed by atoms with van der Waals surface area (Å²) >= 11 is 0. The van der Waals surface area contributed by atoms with Gasteiger partial charge in [0, 0.05) is 60.3 Å². The molecule has 0 saturated carbocycles. The third kappa shape index (κ3) is 6.00. The molecule has 10 aromatic carbocycles. The number of hydrogen-bond donors (Lipinski definition) is 0. The lowest BCUT2D eigenvalue weighted by Gasteiger charge is -2.14. The summed E-state index contributed by atoms with van der Waals surface area (Å²) in [7, 11) is 0. The molecule has 0 radical (unpaired) electrons. The van der Waals surface area contributed by atoms with Crippen molar-refractivity contribution in [1.82, 2.24) is 19.5 Å². The van der Waals surface area contributed by atoms with Gasteiger partial charge in [0.25, 0.3) is 0 Å². The summed E-state index contributed by atoms with van der Waals surface area (Å²) in [6.07, 6.45) is 0. The Balaban J connectivity index is 0.973. The van der Waals surface area contributed by atoms with E-state index in [4.69, 9.17) is 23.8 Å². The molecular formula is C61H36N4O2. The lowest BCUT2D eigenvalue weighted by atomic mass is 9.98. The molecule has 0 amide bonds. The van der Waals surface area contributed by atoms with Crippen molar-refractivity contribution in [3.05, 3.63) is 218 Å². The fourth-order valence-corrected chi connectivity index (χ4v) is 10.1. The first-order chi connectivity index (χ1) is 33.2. The molecule has 4 heterocycles. The van der Waals surface area contributed by atoms with E-state index < -0.39 is 0 Å². The molecule has 0 aliphatic carbocycles. The molecule has 0 spiro atoms. The van der Waals surface area contributed by atoms with Crippen LogP contribution in [0.4, 0.5) is 0 Å². The molecule has 312 valence electrons. The Kier molecular flexibility index (Phi) is 8.18. The summed E-state index contributed by atoms with van der Waals surface area (Å²) in [5.41, 5.74) is 13.7. The highest BCUT2D eigenvalue weighted by Crippen LogP contribution is 2.43. The Labute approximate surface area is 383 Å². The van der Waals surface area contributed by atoms with E-state index >= 15 is 0 Å². The van der Waals surface area contributed by atoms with Crippen LogP contribution in [0.25, 0.3) is 139 Å². The van der Waals surface area contributed by atoms with Gasteiger partial charge in [0.1, 0.15) is 22.3 Å².